The van der Waals surface area contributed by atoms with Crippen molar-refractivity contribution in [3.63, 3.8) is 0 Å². The van der Waals surface area contributed by atoms with Crippen LogP contribution in [0.3, 0.4) is 0 Å². The summed E-state index contributed by atoms with van der Waals surface area (Å²) in [6.07, 6.45) is 2.28. The number of hydrogen-bond donors (Lipinski definition) is 2. The third-order valence-electron chi connectivity index (χ3n) is 3.67. The van der Waals surface area contributed by atoms with Gasteiger partial charge in [0.1, 0.15) is 11.6 Å². The molecular formula is C17H22F2N4O. The maximum Gasteiger partial charge on any atom is 0.315 e. The van der Waals surface area contributed by atoms with E-state index in [1.165, 1.54) is 0 Å². The summed E-state index contributed by atoms with van der Waals surface area (Å²) < 4.78 is 28.9. The summed E-state index contributed by atoms with van der Waals surface area (Å²) >= 11 is 0. The summed E-state index contributed by atoms with van der Waals surface area (Å²) in [6.45, 7) is 6.07. The summed E-state index contributed by atoms with van der Waals surface area (Å²) in [7, 11) is 0. The number of amides is 2. The number of benzene rings is 1. The van der Waals surface area contributed by atoms with Gasteiger partial charge in [-0.1, -0.05) is 6.92 Å². The van der Waals surface area contributed by atoms with Crippen LogP contribution in [-0.4, -0.2) is 15.8 Å². The smallest absolute Gasteiger partial charge is 0.315 e. The van der Waals surface area contributed by atoms with Crippen molar-refractivity contribution in [1.29, 1.82) is 0 Å². The lowest BCUT2D eigenvalue weighted by Gasteiger charge is -2.18. The molecule has 1 aromatic heterocycles. The van der Waals surface area contributed by atoms with E-state index in [1.807, 2.05) is 26.1 Å². The van der Waals surface area contributed by atoms with Gasteiger partial charge in [-0.05, 0) is 44.5 Å². The minimum absolute atomic E-state index is 0.136. The lowest BCUT2D eigenvalue weighted by molar-refractivity contribution is 0.236. The van der Waals surface area contributed by atoms with E-state index in [2.05, 4.69) is 15.7 Å². The van der Waals surface area contributed by atoms with E-state index in [0.717, 1.165) is 23.9 Å². The SMILES string of the molecule is CC[C@@H](NC(=O)NCc1ccn(C(C)C)n1)c1cc(F)ccc1F. The topological polar surface area (TPSA) is 59.0 Å². The second-order valence-corrected chi connectivity index (χ2v) is 5.83. The van der Waals surface area contributed by atoms with Crippen LogP contribution >= 0.6 is 0 Å². The Morgan fingerprint density at radius 2 is 2.04 bits per heavy atom. The molecule has 0 saturated carbocycles. The molecule has 0 saturated heterocycles. The Hall–Kier alpha value is -2.44. The van der Waals surface area contributed by atoms with E-state index in [9.17, 15) is 13.6 Å². The van der Waals surface area contributed by atoms with Crippen LogP contribution < -0.4 is 10.6 Å². The molecule has 2 aromatic rings. The minimum atomic E-state index is -0.603. The van der Waals surface area contributed by atoms with Gasteiger partial charge in [-0.2, -0.15) is 5.10 Å². The standard InChI is InChI=1S/C17H22F2N4O/c1-4-16(14-9-12(18)5-6-15(14)19)21-17(24)20-10-13-7-8-23(22-13)11(2)3/h5-9,11,16H,4,10H2,1-3H3,(H2,20,21,24)/t16-/m1/s1. The lowest BCUT2D eigenvalue weighted by Crippen LogP contribution is -2.37. The van der Waals surface area contributed by atoms with E-state index < -0.39 is 23.7 Å². The zero-order valence-electron chi connectivity index (χ0n) is 14.0. The van der Waals surface area contributed by atoms with Crippen molar-refractivity contribution in [2.75, 3.05) is 0 Å². The Balaban J connectivity index is 1.95. The molecule has 7 heteroatoms. The Kier molecular flexibility index (Phi) is 5.89. The van der Waals surface area contributed by atoms with Gasteiger partial charge >= 0.3 is 6.03 Å². The zero-order chi connectivity index (χ0) is 17.7. The molecule has 0 aliphatic rings. The van der Waals surface area contributed by atoms with Crippen molar-refractivity contribution >= 4 is 6.03 Å². The molecule has 0 aliphatic heterocycles. The van der Waals surface area contributed by atoms with E-state index in [1.54, 1.807) is 11.6 Å². The van der Waals surface area contributed by atoms with Crippen molar-refractivity contribution in [3.05, 3.63) is 53.4 Å². The molecule has 0 spiro atoms. The molecular weight excluding hydrogens is 314 g/mol. The van der Waals surface area contributed by atoms with Gasteiger partial charge in [0, 0.05) is 17.8 Å². The first-order valence-corrected chi connectivity index (χ1v) is 7.94. The lowest BCUT2D eigenvalue weighted by atomic mass is 10.0. The summed E-state index contributed by atoms with van der Waals surface area (Å²) in [6, 6.07) is 4.23. The fraction of sp³-hybridized carbons (Fsp3) is 0.412. The van der Waals surface area contributed by atoms with Gasteiger partial charge in [0.05, 0.1) is 18.3 Å². The molecule has 1 aromatic carbocycles. The zero-order valence-corrected chi connectivity index (χ0v) is 14.0. The number of rotatable bonds is 6. The summed E-state index contributed by atoms with van der Waals surface area (Å²) in [4.78, 5) is 12.0. The van der Waals surface area contributed by atoms with Crippen LogP contribution in [0.5, 0.6) is 0 Å². The van der Waals surface area contributed by atoms with Crippen molar-refractivity contribution < 1.29 is 13.6 Å². The largest absolute Gasteiger partial charge is 0.332 e. The Morgan fingerprint density at radius 1 is 1.29 bits per heavy atom. The summed E-state index contributed by atoms with van der Waals surface area (Å²) in [5, 5.41) is 9.67. The number of nitrogens with zero attached hydrogens (tertiary/aromatic N) is 2. The summed E-state index contributed by atoms with van der Waals surface area (Å²) in [5.74, 6) is -1.08. The Labute approximate surface area is 140 Å². The molecule has 1 atom stereocenters. The first kappa shape index (κ1) is 17.9. The Bertz CT molecular complexity index is 700. The quantitative estimate of drug-likeness (QED) is 0.845. The number of carbonyl (C=O) groups is 1. The van der Waals surface area contributed by atoms with Gasteiger partial charge in [0.15, 0.2) is 0 Å². The molecule has 0 unspecified atom stereocenters. The number of hydrogen-bond acceptors (Lipinski definition) is 2. The first-order chi connectivity index (χ1) is 11.4. The molecule has 0 radical (unpaired) electrons. The highest BCUT2D eigenvalue weighted by Gasteiger charge is 2.17. The van der Waals surface area contributed by atoms with Crippen LogP contribution in [0.25, 0.3) is 0 Å². The molecule has 2 N–H and O–H groups in total. The van der Waals surface area contributed by atoms with Crippen molar-refractivity contribution in [2.45, 2.75) is 45.8 Å². The third kappa shape index (κ3) is 4.53. The van der Waals surface area contributed by atoms with Crippen molar-refractivity contribution in [2.24, 2.45) is 0 Å². The van der Waals surface area contributed by atoms with Gasteiger partial charge in [-0.15, -0.1) is 0 Å². The van der Waals surface area contributed by atoms with Crippen LogP contribution in [0.15, 0.2) is 30.5 Å². The van der Waals surface area contributed by atoms with Gasteiger partial charge in [-0.25, -0.2) is 13.6 Å². The fourth-order valence-electron chi connectivity index (χ4n) is 2.32. The van der Waals surface area contributed by atoms with Crippen LogP contribution in [0.4, 0.5) is 13.6 Å². The number of urea groups is 1. The number of halogens is 2. The van der Waals surface area contributed by atoms with E-state index in [-0.39, 0.29) is 18.2 Å². The molecule has 0 fully saturated rings. The highest BCUT2D eigenvalue weighted by Crippen LogP contribution is 2.21. The predicted molar refractivity (Wildman–Crippen MR) is 87.4 cm³/mol. The molecule has 5 nitrogen and oxygen atoms in total. The highest BCUT2D eigenvalue weighted by atomic mass is 19.1. The Morgan fingerprint density at radius 3 is 2.67 bits per heavy atom. The van der Waals surface area contributed by atoms with E-state index in [0.29, 0.717) is 6.42 Å². The average molecular weight is 336 g/mol. The fourth-order valence-corrected chi connectivity index (χ4v) is 2.32. The predicted octanol–water partition coefficient (Wildman–Crippen LogP) is 3.69. The normalized spacial score (nSPS) is 12.2. The van der Waals surface area contributed by atoms with Crippen LogP contribution in [-0.2, 0) is 6.54 Å². The van der Waals surface area contributed by atoms with Crippen LogP contribution in [0.1, 0.15) is 50.5 Å². The first-order valence-electron chi connectivity index (χ1n) is 7.94. The minimum Gasteiger partial charge on any atom is -0.332 e. The van der Waals surface area contributed by atoms with E-state index >= 15 is 0 Å². The third-order valence-corrected chi connectivity index (χ3v) is 3.67. The molecule has 2 rings (SSSR count). The summed E-state index contributed by atoms with van der Waals surface area (Å²) in [5.41, 5.74) is 0.862. The second-order valence-electron chi connectivity index (χ2n) is 5.83. The van der Waals surface area contributed by atoms with Crippen molar-refractivity contribution in [3.8, 4) is 0 Å². The van der Waals surface area contributed by atoms with Crippen molar-refractivity contribution in [1.82, 2.24) is 20.4 Å². The van der Waals surface area contributed by atoms with E-state index in [4.69, 9.17) is 0 Å². The average Bonchev–Trinajstić information content (AvgIpc) is 3.02. The second kappa shape index (κ2) is 7.90. The molecule has 0 bridgehead atoms. The maximum atomic E-state index is 13.8. The molecule has 0 aliphatic carbocycles. The molecule has 24 heavy (non-hydrogen) atoms. The maximum absolute atomic E-state index is 13.8. The molecule has 130 valence electrons. The monoisotopic (exact) mass is 336 g/mol. The number of carbonyl (C=O) groups excluding carboxylic acids is 1. The van der Waals surface area contributed by atoms with Gasteiger partial charge < -0.3 is 10.6 Å². The van der Waals surface area contributed by atoms with Crippen LogP contribution in [0, 0.1) is 11.6 Å². The molecule has 2 amide bonds. The van der Waals surface area contributed by atoms with Gasteiger partial charge in [0.25, 0.3) is 0 Å². The van der Waals surface area contributed by atoms with Gasteiger partial charge in [-0.3, -0.25) is 4.68 Å². The van der Waals surface area contributed by atoms with Gasteiger partial charge in [0.2, 0.25) is 0 Å². The van der Waals surface area contributed by atoms with Crippen LogP contribution in [0.2, 0.25) is 0 Å². The number of aromatic nitrogens is 2. The number of nitrogens with one attached hydrogen (secondary N) is 2. The molecule has 1 heterocycles. The highest BCUT2D eigenvalue weighted by molar-refractivity contribution is 5.74.